The number of carbonyl (C=O) groups is 3. The molecule has 1 saturated heterocycles. The van der Waals surface area contributed by atoms with Crippen LogP contribution in [0.5, 0.6) is 5.75 Å². The summed E-state index contributed by atoms with van der Waals surface area (Å²) >= 11 is 0. The number of benzene rings is 2. The normalized spacial score (nSPS) is 16.4. The van der Waals surface area contributed by atoms with Crippen molar-refractivity contribution in [1.82, 2.24) is 15.2 Å². The van der Waals surface area contributed by atoms with Gasteiger partial charge in [0.25, 0.3) is 5.91 Å². The van der Waals surface area contributed by atoms with Crippen LogP contribution in [0.2, 0.25) is 0 Å². The first-order valence-electron chi connectivity index (χ1n) is 10.5. The number of amides is 3. The minimum atomic E-state index is -0.440. The van der Waals surface area contributed by atoms with Crippen LogP contribution in [0, 0.1) is 0 Å². The number of aromatic nitrogens is 1. The first-order valence-corrected chi connectivity index (χ1v) is 10.5. The van der Waals surface area contributed by atoms with E-state index >= 15 is 0 Å². The Morgan fingerprint density at radius 3 is 2.50 bits per heavy atom. The SMILES string of the molecule is NC(=O)N1CCC[C@H](NC(=O)c2ccc(C(=O)c3c(O)ccc4ncccc34)cc2)CC1. The van der Waals surface area contributed by atoms with Crippen molar-refractivity contribution in [3.63, 3.8) is 0 Å². The van der Waals surface area contributed by atoms with E-state index in [2.05, 4.69) is 10.3 Å². The monoisotopic (exact) mass is 432 g/mol. The molecule has 1 aromatic heterocycles. The molecule has 1 aliphatic heterocycles. The van der Waals surface area contributed by atoms with Crippen molar-refractivity contribution >= 4 is 28.6 Å². The summed E-state index contributed by atoms with van der Waals surface area (Å²) in [5.74, 6) is -0.696. The number of rotatable bonds is 4. The Kier molecular flexibility index (Phi) is 6.02. The third-order valence-electron chi connectivity index (χ3n) is 5.77. The molecule has 0 radical (unpaired) electrons. The predicted molar refractivity (Wildman–Crippen MR) is 120 cm³/mol. The first kappa shape index (κ1) is 21.3. The number of ketones is 1. The van der Waals surface area contributed by atoms with Crippen molar-refractivity contribution < 1.29 is 19.5 Å². The van der Waals surface area contributed by atoms with Gasteiger partial charge in [-0.05, 0) is 49.6 Å². The zero-order chi connectivity index (χ0) is 22.7. The summed E-state index contributed by atoms with van der Waals surface area (Å²) in [6.45, 7) is 1.10. The number of hydrogen-bond acceptors (Lipinski definition) is 5. The van der Waals surface area contributed by atoms with Gasteiger partial charge in [-0.15, -0.1) is 0 Å². The minimum absolute atomic E-state index is 0.0479. The number of carbonyl (C=O) groups excluding carboxylic acids is 3. The third-order valence-corrected chi connectivity index (χ3v) is 5.77. The second-order valence-electron chi connectivity index (χ2n) is 7.86. The van der Waals surface area contributed by atoms with E-state index in [0.29, 0.717) is 41.5 Å². The molecule has 1 fully saturated rings. The van der Waals surface area contributed by atoms with Crippen LogP contribution in [0.15, 0.2) is 54.7 Å². The average Bonchev–Trinajstić information content (AvgIpc) is 3.04. The Labute approximate surface area is 185 Å². The number of nitrogens with zero attached hydrogens (tertiary/aromatic N) is 2. The molecule has 2 aromatic carbocycles. The number of fused-ring (bicyclic) bond motifs is 1. The van der Waals surface area contributed by atoms with Gasteiger partial charge in [0, 0.05) is 41.8 Å². The highest BCUT2D eigenvalue weighted by Crippen LogP contribution is 2.28. The average molecular weight is 432 g/mol. The van der Waals surface area contributed by atoms with E-state index in [1.54, 1.807) is 53.6 Å². The molecular weight excluding hydrogens is 408 g/mol. The molecule has 164 valence electrons. The molecule has 0 unspecified atom stereocenters. The highest BCUT2D eigenvalue weighted by molar-refractivity contribution is 6.18. The topological polar surface area (TPSA) is 126 Å². The van der Waals surface area contributed by atoms with Crippen LogP contribution in [0.4, 0.5) is 4.79 Å². The molecule has 0 spiro atoms. The summed E-state index contributed by atoms with van der Waals surface area (Å²) in [5, 5.41) is 13.9. The number of urea groups is 1. The summed E-state index contributed by atoms with van der Waals surface area (Å²) in [7, 11) is 0. The van der Waals surface area contributed by atoms with Gasteiger partial charge in [0.1, 0.15) is 5.75 Å². The maximum atomic E-state index is 13.1. The molecular formula is C24H24N4O4. The molecule has 3 amide bonds. The molecule has 4 N–H and O–H groups in total. The van der Waals surface area contributed by atoms with E-state index in [9.17, 15) is 19.5 Å². The Morgan fingerprint density at radius 1 is 1.00 bits per heavy atom. The summed E-state index contributed by atoms with van der Waals surface area (Å²) in [5.41, 5.74) is 6.94. The molecule has 2 heterocycles. The van der Waals surface area contributed by atoms with Crippen LogP contribution in [0.25, 0.3) is 10.9 Å². The van der Waals surface area contributed by atoms with E-state index in [1.807, 2.05) is 0 Å². The molecule has 1 aliphatic rings. The molecule has 0 aliphatic carbocycles. The van der Waals surface area contributed by atoms with Crippen LogP contribution in [0.1, 0.15) is 45.5 Å². The van der Waals surface area contributed by atoms with E-state index in [0.717, 1.165) is 12.8 Å². The fraction of sp³-hybridized carbons (Fsp3) is 0.250. The van der Waals surface area contributed by atoms with Crippen LogP contribution in [-0.2, 0) is 0 Å². The lowest BCUT2D eigenvalue weighted by molar-refractivity contribution is 0.0932. The number of nitrogens with two attached hydrogens (primary N) is 1. The van der Waals surface area contributed by atoms with Crippen molar-refractivity contribution in [2.24, 2.45) is 5.73 Å². The van der Waals surface area contributed by atoms with Gasteiger partial charge in [-0.25, -0.2) is 4.79 Å². The van der Waals surface area contributed by atoms with Gasteiger partial charge in [0.05, 0.1) is 11.1 Å². The van der Waals surface area contributed by atoms with Crippen LogP contribution in [0.3, 0.4) is 0 Å². The van der Waals surface area contributed by atoms with Crippen LogP contribution >= 0.6 is 0 Å². The van der Waals surface area contributed by atoms with Crippen molar-refractivity contribution in [3.05, 3.63) is 71.4 Å². The van der Waals surface area contributed by atoms with Crippen molar-refractivity contribution in [3.8, 4) is 5.75 Å². The van der Waals surface area contributed by atoms with Gasteiger partial charge in [-0.3, -0.25) is 14.6 Å². The molecule has 1 atom stereocenters. The third kappa shape index (κ3) is 4.39. The van der Waals surface area contributed by atoms with E-state index in [1.165, 1.54) is 6.07 Å². The largest absolute Gasteiger partial charge is 0.507 e. The number of likely N-dealkylation sites (tertiary alicyclic amines) is 1. The van der Waals surface area contributed by atoms with Crippen molar-refractivity contribution in [1.29, 1.82) is 0 Å². The molecule has 8 nitrogen and oxygen atoms in total. The van der Waals surface area contributed by atoms with Crippen LogP contribution in [-0.4, -0.2) is 51.8 Å². The number of phenolic OH excluding ortho intramolecular Hbond substituents is 1. The van der Waals surface area contributed by atoms with Gasteiger partial charge in [-0.1, -0.05) is 18.2 Å². The second-order valence-corrected chi connectivity index (χ2v) is 7.86. The van der Waals surface area contributed by atoms with Gasteiger partial charge in [0.15, 0.2) is 5.78 Å². The van der Waals surface area contributed by atoms with Crippen molar-refractivity contribution in [2.45, 2.75) is 25.3 Å². The number of pyridine rings is 1. The summed E-state index contributed by atoms with van der Waals surface area (Å²) in [6.07, 6.45) is 3.80. The Balaban J connectivity index is 1.48. The molecule has 0 bridgehead atoms. The predicted octanol–water partition coefficient (Wildman–Crippen LogP) is 2.83. The van der Waals surface area contributed by atoms with Gasteiger partial charge < -0.3 is 21.1 Å². The molecule has 32 heavy (non-hydrogen) atoms. The van der Waals surface area contributed by atoms with E-state index in [-0.39, 0.29) is 29.0 Å². The maximum absolute atomic E-state index is 13.1. The fourth-order valence-corrected chi connectivity index (χ4v) is 4.03. The number of aromatic hydroxyl groups is 1. The summed E-state index contributed by atoms with van der Waals surface area (Å²) < 4.78 is 0. The summed E-state index contributed by atoms with van der Waals surface area (Å²) in [6, 6.07) is 12.4. The number of primary amides is 1. The zero-order valence-electron chi connectivity index (χ0n) is 17.5. The lowest BCUT2D eigenvalue weighted by Crippen LogP contribution is -2.38. The smallest absolute Gasteiger partial charge is 0.314 e. The van der Waals surface area contributed by atoms with E-state index < -0.39 is 6.03 Å². The highest BCUT2D eigenvalue weighted by Gasteiger charge is 2.22. The number of nitrogens with one attached hydrogen (secondary N) is 1. The minimum Gasteiger partial charge on any atom is -0.507 e. The van der Waals surface area contributed by atoms with Gasteiger partial charge >= 0.3 is 6.03 Å². The molecule has 4 rings (SSSR count). The van der Waals surface area contributed by atoms with E-state index in [4.69, 9.17) is 5.73 Å². The fourth-order valence-electron chi connectivity index (χ4n) is 4.03. The standard InChI is InChI=1S/C24H24N4O4/c25-24(32)28-13-2-3-17(11-14-28)27-23(31)16-7-5-15(6-8-16)22(30)21-18-4-1-12-26-19(18)9-10-20(21)29/h1,4-10,12,17,29H,2-3,11,13-14H2,(H2,25,32)(H,27,31)/t17-/m0/s1. The number of phenols is 1. The lowest BCUT2D eigenvalue weighted by atomic mass is 9.97. The maximum Gasteiger partial charge on any atom is 0.314 e. The Hall–Kier alpha value is -3.94. The summed E-state index contributed by atoms with van der Waals surface area (Å²) in [4.78, 5) is 42.9. The van der Waals surface area contributed by atoms with Gasteiger partial charge in [0.2, 0.25) is 0 Å². The zero-order valence-corrected chi connectivity index (χ0v) is 17.5. The Bertz CT molecular complexity index is 1180. The Morgan fingerprint density at radius 2 is 1.75 bits per heavy atom. The van der Waals surface area contributed by atoms with Crippen molar-refractivity contribution in [2.75, 3.05) is 13.1 Å². The molecule has 3 aromatic rings. The first-order chi connectivity index (χ1) is 15.4. The molecule has 8 heteroatoms. The lowest BCUT2D eigenvalue weighted by Gasteiger charge is -2.18. The number of hydrogen-bond donors (Lipinski definition) is 3. The highest BCUT2D eigenvalue weighted by atomic mass is 16.3. The van der Waals surface area contributed by atoms with Gasteiger partial charge in [-0.2, -0.15) is 0 Å². The second kappa shape index (κ2) is 9.05. The quantitative estimate of drug-likeness (QED) is 0.547. The molecule has 0 saturated carbocycles. The van der Waals surface area contributed by atoms with Crippen LogP contribution < -0.4 is 11.1 Å².